The van der Waals surface area contributed by atoms with Crippen molar-refractivity contribution >= 4 is 5.97 Å². The topological polar surface area (TPSA) is 69.2 Å². The van der Waals surface area contributed by atoms with Crippen molar-refractivity contribution in [3.8, 4) is 0 Å². The summed E-state index contributed by atoms with van der Waals surface area (Å²) in [6, 6.07) is 7.26. The van der Waals surface area contributed by atoms with Crippen molar-refractivity contribution in [2.24, 2.45) is 0 Å². The first-order chi connectivity index (χ1) is 10.6. The quantitative estimate of drug-likeness (QED) is 0.911. The van der Waals surface area contributed by atoms with E-state index in [4.69, 9.17) is 0 Å². The molecule has 0 spiro atoms. The Morgan fingerprint density at radius 2 is 2.27 bits per heavy atom. The number of carbonyl (C=O) groups is 1. The van der Waals surface area contributed by atoms with Gasteiger partial charge in [-0.2, -0.15) is 0 Å². The van der Waals surface area contributed by atoms with Gasteiger partial charge in [0.25, 0.3) is 0 Å². The number of H-pyrrole nitrogens is 1. The highest BCUT2D eigenvalue weighted by Gasteiger charge is 2.24. The number of likely N-dealkylation sites (tertiary alicyclic amines) is 1. The summed E-state index contributed by atoms with van der Waals surface area (Å²) in [7, 11) is 0. The van der Waals surface area contributed by atoms with Gasteiger partial charge in [-0.25, -0.2) is 9.78 Å². The average Bonchev–Trinajstić information content (AvgIpc) is 2.94. The second-order valence-corrected chi connectivity index (χ2v) is 5.99. The van der Waals surface area contributed by atoms with E-state index >= 15 is 0 Å². The maximum Gasteiger partial charge on any atom is 0.336 e. The predicted molar refractivity (Wildman–Crippen MR) is 84.0 cm³/mol. The van der Waals surface area contributed by atoms with Gasteiger partial charge in [0.15, 0.2) is 0 Å². The third kappa shape index (κ3) is 3.20. The van der Waals surface area contributed by atoms with Gasteiger partial charge in [-0.05, 0) is 37.9 Å². The average molecular weight is 299 g/mol. The fourth-order valence-electron chi connectivity index (χ4n) is 3.17. The van der Waals surface area contributed by atoms with Crippen molar-refractivity contribution in [1.82, 2.24) is 14.9 Å². The lowest BCUT2D eigenvalue weighted by molar-refractivity contribution is 0.0694. The molecule has 1 aliphatic heterocycles. The van der Waals surface area contributed by atoms with E-state index in [2.05, 4.69) is 14.9 Å². The van der Waals surface area contributed by atoms with Crippen LogP contribution in [0.1, 0.15) is 46.2 Å². The number of carboxylic acid groups (broad SMARTS) is 1. The minimum Gasteiger partial charge on any atom is -0.478 e. The fraction of sp³-hybridized carbons (Fsp3) is 0.412. The zero-order chi connectivity index (χ0) is 15.5. The number of imidazole rings is 1. The summed E-state index contributed by atoms with van der Waals surface area (Å²) in [5, 5.41) is 9.29. The van der Waals surface area contributed by atoms with Crippen LogP contribution in [0.2, 0.25) is 0 Å². The van der Waals surface area contributed by atoms with Crippen LogP contribution in [0, 0.1) is 6.92 Å². The van der Waals surface area contributed by atoms with Crippen molar-refractivity contribution in [3.63, 3.8) is 0 Å². The number of hydrogen-bond donors (Lipinski definition) is 2. The number of hydrogen-bond acceptors (Lipinski definition) is 3. The molecule has 0 aliphatic carbocycles. The lowest BCUT2D eigenvalue weighted by atomic mass is 9.96. The Balaban J connectivity index is 1.72. The van der Waals surface area contributed by atoms with E-state index in [1.165, 1.54) is 0 Å². The van der Waals surface area contributed by atoms with Gasteiger partial charge in [-0.15, -0.1) is 0 Å². The molecule has 1 aromatic carbocycles. The summed E-state index contributed by atoms with van der Waals surface area (Å²) < 4.78 is 0. The third-order valence-electron chi connectivity index (χ3n) is 4.26. The highest BCUT2D eigenvalue weighted by Crippen LogP contribution is 2.26. The summed E-state index contributed by atoms with van der Waals surface area (Å²) >= 11 is 0. The Kier molecular flexibility index (Phi) is 4.24. The van der Waals surface area contributed by atoms with Gasteiger partial charge in [-0.1, -0.05) is 18.2 Å². The van der Waals surface area contributed by atoms with Gasteiger partial charge < -0.3 is 10.1 Å². The first kappa shape index (κ1) is 14.8. The molecule has 3 rings (SSSR count). The molecule has 5 nitrogen and oxygen atoms in total. The van der Waals surface area contributed by atoms with Crippen LogP contribution in [0.3, 0.4) is 0 Å². The van der Waals surface area contributed by atoms with Crippen molar-refractivity contribution in [1.29, 1.82) is 0 Å². The van der Waals surface area contributed by atoms with Crippen LogP contribution < -0.4 is 0 Å². The normalized spacial score (nSPS) is 19.2. The minimum atomic E-state index is -0.856. The molecule has 0 amide bonds. The number of aromatic amines is 1. The zero-order valence-electron chi connectivity index (χ0n) is 12.7. The maximum absolute atomic E-state index is 11.3. The number of aryl methyl sites for hydroxylation is 1. The highest BCUT2D eigenvalue weighted by atomic mass is 16.4. The first-order valence-electron chi connectivity index (χ1n) is 7.68. The van der Waals surface area contributed by atoms with E-state index in [0.29, 0.717) is 18.0 Å². The van der Waals surface area contributed by atoms with E-state index in [1.54, 1.807) is 12.1 Å². The number of aromatic nitrogens is 2. The molecule has 2 heterocycles. The van der Waals surface area contributed by atoms with E-state index in [9.17, 15) is 9.90 Å². The molecule has 0 saturated carbocycles. The standard InChI is InChI=1S/C17H21N3O2/c1-12-9-18-16(19-12)14-6-4-8-20(11-14)10-13-5-2-3-7-15(13)17(21)22/h2-3,5,7,9,14H,4,6,8,10-11H2,1H3,(H,18,19)(H,21,22)/t14-/m1/s1. The predicted octanol–water partition coefficient (Wildman–Crippen LogP) is 2.80. The number of carboxylic acids is 1. The van der Waals surface area contributed by atoms with Crippen LogP contribution in [0.25, 0.3) is 0 Å². The largest absolute Gasteiger partial charge is 0.478 e. The molecular formula is C17H21N3O2. The summed E-state index contributed by atoms with van der Waals surface area (Å²) in [4.78, 5) is 21.4. The smallest absolute Gasteiger partial charge is 0.336 e. The Morgan fingerprint density at radius 3 is 3.00 bits per heavy atom. The Hall–Kier alpha value is -2.14. The Bertz CT molecular complexity index is 665. The molecule has 1 aromatic heterocycles. The molecule has 0 bridgehead atoms. The molecule has 1 fully saturated rings. The number of aromatic carboxylic acids is 1. The van der Waals surface area contributed by atoms with Crippen LogP contribution in [-0.2, 0) is 6.54 Å². The lowest BCUT2D eigenvalue weighted by Gasteiger charge is -2.32. The minimum absolute atomic E-state index is 0.401. The number of nitrogens with zero attached hydrogens (tertiary/aromatic N) is 2. The maximum atomic E-state index is 11.3. The number of benzene rings is 1. The van der Waals surface area contributed by atoms with Gasteiger partial charge in [0.1, 0.15) is 5.82 Å². The molecule has 2 aromatic rings. The SMILES string of the molecule is Cc1cnc([C@@H]2CCCN(Cc3ccccc3C(=O)O)C2)[nH]1. The zero-order valence-corrected chi connectivity index (χ0v) is 12.7. The van der Waals surface area contributed by atoms with Crippen LogP contribution in [0.5, 0.6) is 0 Å². The second kappa shape index (κ2) is 6.32. The van der Waals surface area contributed by atoms with E-state index in [-0.39, 0.29) is 0 Å². The number of rotatable bonds is 4. The van der Waals surface area contributed by atoms with Crippen LogP contribution in [-0.4, -0.2) is 39.0 Å². The molecule has 5 heteroatoms. The van der Waals surface area contributed by atoms with E-state index in [0.717, 1.165) is 43.0 Å². The van der Waals surface area contributed by atoms with E-state index < -0.39 is 5.97 Å². The van der Waals surface area contributed by atoms with Crippen LogP contribution in [0.15, 0.2) is 30.5 Å². The number of nitrogens with one attached hydrogen (secondary N) is 1. The van der Waals surface area contributed by atoms with Crippen molar-refractivity contribution in [2.45, 2.75) is 32.2 Å². The summed E-state index contributed by atoms with van der Waals surface area (Å²) in [5.41, 5.74) is 2.37. The third-order valence-corrected chi connectivity index (χ3v) is 4.26. The first-order valence-corrected chi connectivity index (χ1v) is 7.68. The number of piperidine rings is 1. The van der Waals surface area contributed by atoms with Gasteiger partial charge >= 0.3 is 5.97 Å². The van der Waals surface area contributed by atoms with E-state index in [1.807, 2.05) is 25.3 Å². The molecule has 2 N–H and O–H groups in total. The molecule has 22 heavy (non-hydrogen) atoms. The van der Waals surface area contributed by atoms with Gasteiger partial charge in [0.2, 0.25) is 0 Å². The molecule has 0 radical (unpaired) electrons. The van der Waals surface area contributed by atoms with Gasteiger partial charge in [0.05, 0.1) is 5.56 Å². The molecule has 1 aliphatic rings. The fourth-order valence-corrected chi connectivity index (χ4v) is 3.17. The molecule has 1 saturated heterocycles. The van der Waals surface area contributed by atoms with Crippen molar-refractivity contribution in [3.05, 3.63) is 53.1 Å². The van der Waals surface area contributed by atoms with Crippen molar-refractivity contribution in [2.75, 3.05) is 13.1 Å². The molecule has 1 atom stereocenters. The Labute approximate surface area is 130 Å². The summed E-state index contributed by atoms with van der Waals surface area (Å²) in [6.45, 7) is 4.61. The summed E-state index contributed by atoms with van der Waals surface area (Å²) in [5.74, 6) is 0.596. The molecular weight excluding hydrogens is 278 g/mol. The van der Waals surface area contributed by atoms with Crippen LogP contribution in [0.4, 0.5) is 0 Å². The van der Waals surface area contributed by atoms with Gasteiger partial charge in [-0.3, -0.25) is 4.90 Å². The highest BCUT2D eigenvalue weighted by molar-refractivity contribution is 5.89. The Morgan fingerprint density at radius 1 is 1.45 bits per heavy atom. The molecule has 0 unspecified atom stereocenters. The van der Waals surface area contributed by atoms with Gasteiger partial charge in [0, 0.05) is 30.9 Å². The molecule has 116 valence electrons. The summed E-state index contributed by atoms with van der Waals surface area (Å²) in [6.07, 6.45) is 4.11. The second-order valence-electron chi connectivity index (χ2n) is 5.99. The van der Waals surface area contributed by atoms with Crippen molar-refractivity contribution < 1.29 is 9.90 Å². The monoisotopic (exact) mass is 299 g/mol. The lowest BCUT2D eigenvalue weighted by Crippen LogP contribution is -2.34. The van der Waals surface area contributed by atoms with Crippen LogP contribution >= 0.6 is 0 Å².